The normalized spacial score (nSPS) is 11.8. The minimum absolute atomic E-state index is 0.00176. The first-order chi connectivity index (χ1) is 5.88. The fourth-order valence-corrected chi connectivity index (χ4v) is 1.08. The maximum atomic E-state index is 11.9. The van der Waals surface area contributed by atoms with E-state index >= 15 is 0 Å². The van der Waals surface area contributed by atoms with Gasteiger partial charge in [-0.05, 0) is 11.6 Å². The fraction of sp³-hybridized carbons (Fsp3) is 0.286. The lowest BCUT2D eigenvalue weighted by atomic mass is 10.2. The summed E-state index contributed by atoms with van der Waals surface area (Å²) in [4.78, 5) is 3.50. The molecular formula is C7H4Cl2F3N. The van der Waals surface area contributed by atoms with Crippen molar-refractivity contribution in [1.29, 1.82) is 0 Å². The highest BCUT2D eigenvalue weighted by Crippen LogP contribution is 2.25. The van der Waals surface area contributed by atoms with E-state index in [1.165, 1.54) is 0 Å². The molecule has 1 heterocycles. The minimum Gasteiger partial charge on any atom is -0.243 e. The first kappa shape index (κ1) is 10.6. The van der Waals surface area contributed by atoms with Crippen LogP contribution in [-0.4, -0.2) is 11.2 Å². The van der Waals surface area contributed by atoms with Gasteiger partial charge in [0.15, 0.2) is 0 Å². The highest BCUT2D eigenvalue weighted by Gasteiger charge is 2.27. The van der Waals surface area contributed by atoms with Gasteiger partial charge in [0.2, 0.25) is 0 Å². The van der Waals surface area contributed by atoms with Crippen LogP contribution >= 0.6 is 23.2 Å². The molecule has 0 aliphatic rings. The molecule has 72 valence electrons. The molecule has 0 aromatic carbocycles. The lowest BCUT2D eigenvalue weighted by molar-refractivity contribution is -0.127. The van der Waals surface area contributed by atoms with Gasteiger partial charge in [-0.15, -0.1) is 0 Å². The van der Waals surface area contributed by atoms with Crippen molar-refractivity contribution in [2.75, 3.05) is 0 Å². The Morgan fingerprint density at radius 2 is 1.92 bits per heavy atom. The summed E-state index contributed by atoms with van der Waals surface area (Å²) in [6.07, 6.45) is -4.24. The Morgan fingerprint density at radius 1 is 1.31 bits per heavy atom. The van der Waals surface area contributed by atoms with E-state index in [0.717, 1.165) is 12.3 Å². The number of hydrogen-bond acceptors (Lipinski definition) is 1. The number of halogens is 5. The van der Waals surface area contributed by atoms with Gasteiger partial charge in [-0.1, -0.05) is 23.2 Å². The third-order valence-electron chi connectivity index (χ3n) is 1.26. The molecule has 0 spiro atoms. The molecule has 0 aliphatic carbocycles. The second kappa shape index (κ2) is 3.72. The molecule has 0 saturated carbocycles. The lowest BCUT2D eigenvalue weighted by Gasteiger charge is -2.05. The van der Waals surface area contributed by atoms with Gasteiger partial charge in [0, 0.05) is 6.20 Å². The molecule has 13 heavy (non-hydrogen) atoms. The van der Waals surface area contributed by atoms with Crippen LogP contribution in [-0.2, 0) is 6.42 Å². The summed E-state index contributed by atoms with van der Waals surface area (Å²) in [6.45, 7) is 0. The van der Waals surface area contributed by atoms with Crippen LogP contribution in [0, 0.1) is 0 Å². The third-order valence-corrected chi connectivity index (χ3v) is 1.94. The van der Waals surface area contributed by atoms with Crippen molar-refractivity contribution in [2.45, 2.75) is 12.6 Å². The molecule has 0 amide bonds. The Labute approximate surface area is 82.5 Å². The maximum Gasteiger partial charge on any atom is 0.393 e. The average molecular weight is 230 g/mol. The molecule has 1 rings (SSSR count). The smallest absolute Gasteiger partial charge is 0.243 e. The Morgan fingerprint density at radius 3 is 2.38 bits per heavy atom. The number of alkyl halides is 3. The summed E-state index contributed by atoms with van der Waals surface area (Å²) in [7, 11) is 0. The number of aromatic nitrogens is 1. The van der Waals surface area contributed by atoms with Crippen molar-refractivity contribution >= 4 is 23.2 Å². The van der Waals surface area contributed by atoms with Crippen LogP contribution in [0.2, 0.25) is 10.2 Å². The molecule has 0 aliphatic heterocycles. The van der Waals surface area contributed by atoms with Gasteiger partial charge in [-0.2, -0.15) is 13.2 Å². The monoisotopic (exact) mass is 229 g/mol. The number of pyridine rings is 1. The summed E-state index contributed by atoms with van der Waals surface area (Å²) in [5.74, 6) is 0. The Bertz CT molecular complexity index is 311. The van der Waals surface area contributed by atoms with Crippen LogP contribution in [0.25, 0.3) is 0 Å². The maximum absolute atomic E-state index is 11.9. The molecule has 1 nitrogen and oxygen atoms in total. The summed E-state index contributed by atoms with van der Waals surface area (Å²) in [5, 5.41) is 0.0380. The highest BCUT2D eigenvalue weighted by atomic mass is 35.5. The molecule has 0 unspecified atom stereocenters. The largest absolute Gasteiger partial charge is 0.393 e. The van der Waals surface area contributed by atoms with E-state index in [1.54, 1.807) is 0 Å². The van der Waals surface area contributed by atoms with Crippen molar-refractivity contribution in [3.8, 4) is 0 Å². The van der Waals surface area contributed by atoms with Gasteiger partial charge in [-0.3, -0.25) is 0 Å². The van der Waals surface area contributed by atoms with Crippen LogP contribution in [0.15, 0.2) is 12.3 Å². The summed E-state index contributed by atoms with van der Waals surface area (Å²) in [6, 6.07) is 1.16. The molecule has 1 aromatic rings. The molecule has 0 bridgehead atoms. The summed E-state index contributed by atoms with van der Waals surface area (Å²) in [5.41, 5.74) is 0.00176. The van der Waals surface area contributed by atoms with Crippen LogP contribution in [0.5, 0.6) is 0 Å². The molecule has 1 aromatic heterocycles. The number of nitrogens with zero attached hydrogens (tertiary/aromatic N) is 1. The fourth-order valence-electron chi connectivity index (χ4n) is 0.789. The molecule has 6 heteroatoms. The zero-order valence-electron chi connectivity index (χ0n) is 6.20. The van der Waals surface area contributed by atoms with Gasteiger partial charge in [-0.25, -0.2) is 4.98 Å². The average Bonchev–Trinajstić information content (AvgIpc) is 1.94. The molecular weight excluding hydrogens is 226 g/mol. The van der Waals surface area contributed by atoms with Crippen LogP contribution in [0.4, 0.5) is 13.2 Å². The second-order valence-electron chi connectivity index (χ2n) is 2.41. The first-order valence-corrected chi connectivity index (χ1v) is 4.01. The van der Waals surface area contributed by atoms with Gasteiger partial charge in [0.1, 0.15) is 5.15 Å². The van der Waals surface area contributed by atoms with E-state index in [2.05, 4.69) is 4.98 Å². The standard InChI is InChI=1S/C7H4Cl2F3N/c8-5-1-4(2-7(10,11)12)3-13-6(5)9/h1,3H,2H2. The topological polar surface area (TPSA) is 12.9 Å². The molecule has 0 radical (unpaired) electrons. The summed E-state index contributed by atoms with van der Waals surface area (Å²) >= 11 is 10.9. The zero-order valence-corrected chi connectivity index (χ0v) is 7.71. The van der Waals surface area contributed by atoms with Gasteiger partial charge in [0.25, 0.3) is 0 Å². The van der Waals surface area contributed by atoms with Crippen LogP contribution in [0.3, 0.4) is 0 Å². The highest BCUT2D eigenvalue weighted by molar-refractivity contribution is 6.41. The van der Waals surface area contributed by atoms with Gasteiger partial charge in [0.05, 0.1) is 11.4 Å². The van der Waals surface area contributed by atoms with Crippen molar-refractivity contribution < 1.29 is 13.2 Å². The number of hydrogen-bond donors (Lipinski definition) is 0. The molecule has 0 saturated heterocycles. The van der Waals surface area contributed by atoms with Gasteiger partial charge >= 0.3 is 6.18 Å². The second-order valence-corrected chi connectivity index (χ2v) is 3.17. The minimum atomic E-state index is -4.25. The van der Waals surface area contributed by atoms with E-state index in [-0.39, 0.29) is 15.7 Å². The molecule has 0 atom stereocenters. The molecule has 0 fully saturated rings. The van der Waals surface area contributed by atoms with Crippen LogP contribution < -0.4 is 0 Å². The van der Waals surface area contributed by atoms with E-state index in [1.807, 2.05) is 0 Å². The zero-order chi connectivity index (χ0) is 10.1. The van der Waals surface area contributed by atoms with Gasteiger partial charge < -0.3 is 0 Å². The van der Waals surface area contributed by atoms with Crippen molar-refractivity contribution in [1.82, 2.24) is 4.98 Å². The predicted octanol–water partition coefficient (Wildman–Crippen LogP) is 3.49. The van der Waals surface area contributed by atoms with Crippen molar-refractivity contribution in [3.63, 3.8) is 0 Å². The van der Waals surface area contributed by atoms with Crippen molar-refractivity contribution in [3.05, 3.63) is 28.0 Å². The lowest BCUT2D eigenvalue weighted by Crippen LogP contribution is -2.11. The van der Waals surface area contributed by atoms with E-state index < -0.39 is 12.6 Å². The SMILES string of the molecule is FC(F)(F)Cc1cnc(Cl)c(Cl)c1. The van der Waals surface area contributed by atoms with Crippen LogP contribution in [0.1, 0.15) is 5.56 Å². The molecule has 0 N–H and O–H groups in total. The third kappa shape index (κ3) is 3.40. The van der Waals surface area contributed by atoms with Crippen molar-refractivity contribution in [2.24, 2.45) is 0 Å². The Kier molecular flexibility index (Phi) is 3.03. The quantitative estimate of drug-likeness (QED) is 0.673. The summed E-state index contributed by atoms with van der Waals surface area (Å²) < 4.78 is 35.6. The van der Waals surface area contributed by atoms with E-state index in [4.69, 9.17) is 23.2 Å². The van der Waals surface area contributed by atoms with E-state index in [0.29, 0.717) is 0 Å². The Balaban J connectivity index is 2.86. The number of rotatable bonds is 1. The predicted molar refractivity (Wildman–Crippen MR) is 44.0 cm³/mol. The Hall–Kier alpha value is -0.480. The first-order valence-electron chi connectivity index (χ1n) is 3.25. The van der Waals surface area contributed by atoms with E-state index in [9.17, 15) is 13.2 Å².